The average molecular weight is 456 g/mol. The van der Waals surface area contributed by atoms with E-state index < -0.39 is 35.7 Å². The minimum atomic E-state index is -2.00. The molecule has 3 N–H and O–H groups in total. The minimum absolute atomic E-state index is 0.00470. The highest BCUT2D eigenvalue weighted by Crippen LogP contribution is 2.71. The van der Waals surface area contributed by atoms with Crippen molar-refractivity contribution in [1.29, 1.82) is 0 Å². The second-order valence-corrected chi connectivity index (χ2v) is 10.9. The van der Waals surface area contributed by atoms with Crippen LogP contribution < -0.4 is 9.47 Å². The molecule has 1 unspecified atom stereocenters. The summed E-state index contributed by atoms with van der Waals surface area (Å²) in [5.41, 5.74) is -2.43. The number of methoxy groups -OCH3 is 1. The number of carbonyl (C=O) groups excluding carboxylic acids is 1. The van der Waals surface area contributed by atoms with Crippen molar-refractivity contribution in [2.75, 3.05) is 13.7 Å². The van der Waals surface area contributed by atoms with E-state index in [1.807, 2.05) is 13.0 Å². The maximum atomic E-state index is 14.3. The first-order chi connectivity index (χ1) is 15.5. The lowest BCUT2D eigenvalue weighted by atomic mass is 9.59. The fourth-order valence-corrected chi connectivity index (χ4v) is 7.33. The first-order valence-electron chi connectivity index (χ1n) is 11.7. The van der Waals surface area contributed by atoms with Gasteiger partial charge < -0.3 is 24.8 Å². The maximum Gasteiger partial charge on any atom is 0.257 e. The van der Waals surface area contributed by atoms with Crippen LogP contribution in [0.5, 0.6) is 11.6 Å². The van der Waals surface area contributed by atoms with Gasteiger partial charge in [0.15, 0.2) is 23.2 Å². The summed E-state index contributed by atoms with van der Waals surface area (Å²) in [7, 11) is 1.50. The Labute approximate surface area is 194 Å². The third-order valence-corrected chi connectivity index (χ3v) is 9.08. The molecular formula is C26H33NO6. The van der Waals surface area contributed by atoms with E-state index in [-0.39, 0.29) is 34.5 Å². The number of pyridine rings is 1. The van der Waals surface area contributed by atoms with E-state index in [1.54, 1.807) is 31.3 Å². The molecule has 2 saturated carbocycles. The summed E-state index contributed by atoms with van der Waals surface area (Å²) in [6, 6.07) is 3.41. The Balaban J connectivity index is 1.69. The number of hydrogen-bond donors (Lipinski definition) is 3. The van der Waals surface area contributed by atoms with Crippen molar-refractivity contribution in [3.05, 3.63) is 41.6 Å². The Bertz CT molecular complexity index is 1060. The molecule has 1 aromatic rings. The van der Waals surface area contributed by atoms with E-state index in [9.17, 15) is 20.1 Å². The van der Waals surface area contributed by atoms with Crippen molar-refractivity contribution in [1.82, 2.24) is 4.98 Å². The van der Waals surface area contributed by atoms with E-state index in [1.165, 1.54) is 7.11 Å². The number of aliphatic hydroxyl groups excluding tert-OH is 2. The largest absolute Gasteiger partial charge is 0.491 e. The number of carbonyl (C=O) groups is 1. The SMILES string of the molecule is COc1cccnc1O[C@H]1C(C)=CC23C(=O)[C@@H](C=C(CO)[C@@H](O)[C@]12O)[C@H]1[C@@H](C[C@H]3C)C1(C)C. The highest BCUT2D eigenvalue weighted by Gasteiger charge is 2.76. The first-order valence-corrected chi connectivity index (χ1v) is 11.7. The number of rotatable bonds is 4. The zero-order valence-electron chi connectivity index (χ0n) is 19.8. The van der Waals surface area contributed by atoms with Crippen molar-refractivity contribution in [2.24, 2.45) is 34.5 Å². The Morgan fingerprint density at radius 1 is 1.30 bits per heavy atom. The smallest absolute Gasteiger partial charge is 0.257 e. The number of nitrogens with zero attached hydrogens (tertiary/aromatic N) is 1. The van der Waals surface area contributed by atoms with Gasteiger partial charge in [-0.1, -0.05) is 32.9 Å². The highest BCUT2D eigenvalue weighted by molar-refractivity contribution is 5.95. The summed E-state index contributed by atoms with van der Waals surface area (Å²) in [5, 5.41) is 34.2. The monoisotopic (exact) mass is 455 g/mol. The van der Waals surface area contributed by atoms with Crippen LogP contribution in [0.2, 0.25) is 0 Å². The molecule has 0 aliphatic heterocycles. The molecule has 4 aliphatic carbocycles. The number of ether oxygens (including phenoxy) is 2. The molecule has 1 spiro atoms. The molecule has 1 aromatic heterocycles. The first kappa shape index (κ1) is 22.6. The number of hydrogen-bond acceptors (Lipinski definition) is 7. The van der Waals surface area contributed by atoms with Crippen LogP contribution in [0.3, 0.4) is 0 Å². The maximum absolute atomic E-state index is 14.3. The molecule has 2 bridgehead atoms. The second kappa shape index (κ2) is 7.14. The van der Waals surface area contributed by atoms with Gasteiger partial charge in [0.1, 0.15) is 6.10 Å². The van der Waals surface area contributed by atoms with Crippen molar-refractivity contribution >= 4 is 5.78 Å². The van der Waals surface area contributed by atoms with Crippen LogP contribution in [0.15, 0.2) is 41.6 Å². The molecular weight excluding hydrogens is 422 g/mol. The second-order valence-electron chi connectivity index (χ2n) is 10.9. The average Bonchev–Trinajstić information content (AvgIpc) is 3.28. The molecule has 4 aliphatic rings. The van der Waals surface area contributed by atoms with Crippen molar-refractivity contribution in [3.63, 3.8) is 0 Å². The normalized spacial score (nSPS) is 42.8. The number of fused-ring (bicyclic) bond motifs is 3. The summed E-state index contributed by atoms with van der Waals surface area (Å²) in [5.74, 6) is 0.197. The highest BCUT2D eigenvalue weighted by atomic mass is 16.5. The van der Waals surface area contributed by atoms with Gasteiger partial charge in [-0.05, 0) is 59.8 Å². The number of aliphatic hydroxyl groups is 3. The Hall–Kier alpha value is -2.22. The van der Waals surface area contributed by atoms with Crippen LogP contribution in [-0.2, 0) is 4.79 Å². The molecule has 0 amide bonds. The number of allylic oxidation sites excluding steroid dienone is 1. The molecule has 8 atom stereocenters. The molecule has 1 heterocycles. The van der Waals surface area contributed by atoms with Gasteiger partial charge in [-0.25, -0.2) is 4.98 Å². The lowest BCUT2D eigenvalue weighted by Crippen LogP contribution is -2.66. The van der Waals surface area contributed by atoms with Crippen LogP contribution in [-0.4, -0.2) is 57.6 Å². The Morgan fingerprint density at radius 2 is 2.03 bits per heavy atom. The summed E-state index contributed by atoms with van der Waals surface area (Å²) in [6.45, 7) is 7.70. The third-order valence-electron chi connectivity index (χ3n) is 9.08. The fraction of sp³-hybridized carbons (Fsp3) is 0.615. The predicted octanol–water partition coefficient (Wildman–Crippen LogP) is 2.31. The fourth-order valence-electron chi connectivity index (χ4n) is 7.33. The standard InChI is InChI=1S/C26H33NO6/c1-13-11-25-14(2)9-17-19(24(17,3)4)16(21(25)30)10-15(12-28)20(29)26(25,31)22(13)33-23-18(32-5)7-6-8-27-23/h6-8,10-11,14,16-17,19-20,22,28-29,31H,9,12H2,1-5H3/t14-,16+,17-,19+,20-,22+,25?,26+/m1/s1. The molecule has 0 radical (unpaired) electrons. The van der Waals surface area contributed by atoms with Gasteiger partial charge in [-0.2, -0.15) is 0 Å². The number of aromatic nitrogens is 1. The molecule has 5 rings (SSSR count). The van der Waals surface area contributed by atoms with E-state index in [2.05, 4.69) is 18.8 Å². The van der Waals surface area contributed by atoms with E-state index in [0.717, 1.165) is 6.42 Å². The van der Waals surface area contributed by atoms with Crippen LogP contribution in [0, 0.1) is 34.5 Å². The lowest BCUT2D eigenvalue weighted by molar-refractivity contribution is -0.186. The van der Waals surface area contributed by atoms with Gasteiger partial charge in [0.05, 0.1) is 19.1 Å². The van der Waals surface area contributed by atoms with Gasteiger partial charge in [-0.3, -0.25) is 4.79 Å². The Kier molecular flexibility index (Phi) is 4.88. The summed E-state index contributed by atoms with van der Waals surface area (Å²) >= 11 is 0. The molecule has 0 saturated heterocycles. The number of Topliss-reactive ketones (excluding diaryl/α,β-unsaturated/α-hetero) is 1. The van der Waals surface area contributed by atoms with E-state index in [4.69, 9.17) is 9.47 Å². The van der Waals surface area contributed by atoms with Gasteiger partial charge in [0.2, 0.25) is 0 Å². The van der Waals surface area contributed by atoms with Crippen LogP contribution in [0.1, 0.15) is 34.1 Å². The van der Waals surface area contributed by atoms with Gasteiger partial charge in [0.25, 0.3) is 5.88 Å². The molecule has 0 aromatic carbocycles. The van der Waals surface area contributed by atoms with Gasteiger partial charge >= 0.3 is 0 Å². The van der Waals surface area contributed by atoms with Crippen LogP contribution in [0.25, 0.3) is 0 Å². The number of ketones is 1. The molecule has 178 valence electrons. The predicted molar refractivity (Wildman–Crippen MR) is 121 cm³/mol. The third kappa shape index (κ3) is 2.67. The van der Waals surface area contributed by atoms with Crippen LogP contribution in [0.4, 0.5) is 0 Å². The molecule has 7 nitrogen and oxygen atoms in total. The van der Waals surface area contributed by atoms with Crippen molar-refractivity contribution in [3.8, 4) is 11.6 Å². The summed E-state index contributed by atoms with van der Waals surface area (Å²) in [4.78, 5) is 18.6. The van der Waals surface area contributed by atoms with E-state index in [0.29, 0.717) is 17.2 Å². The molecule has 33 heavy (non-hydrogen) atoms. The summed E-state index contributed by atoms with van der Waals surface area (Å²) in [6.07, 6.45) is 3.34. The summed E-state index contributed by atoms with van der Waals surface area (Å²) < 4.78 is 11.6. The quantitative estimate of drug-likeness (QED) is 0.598. The van der Waals surface area contributed by atoms with Crippen LogP contribution >= 0.6 is 0 Å². The van der Waals surface area contributed by atoms with Crippen molar-refractivity contribution in [2.45, 2.75) is 51.9 Å². The minimum Gasteiger partial charge on any atom is -0.491 e. The zero-order valence-corrected chi connectivity index (χ0v) is 19.8. The Morgan fingerprint density at radius 3 is 2.70 bits per heavy atom. The topological polar surface area (TPSA) is 109 Å². The van der Waals surface area contributed by atoms with Crippen molar-refractivity contribution < 1.29 is 29.6 Å². The molecule has 2 fully saturated rings. The van der Waals surface area contributed by atoms with E-state index >= 15 is 0 Å². The molecule has 7 heteroatoms. The lowest BCUT2D eigenvalue weighted by Gasteiger charge is -2.48. The zero-order chi connectivity index (χ0) is 23.9. The van der Waals surface area contributed by atoms with Gasteiger partial charge in [-0.15, -0.1) is 0 Å². The van der Waals surface area contributed by atoms with Gasteiger partial charge in [0, 0.05) is 12.1 Å².